The summed E-state index contributed by atoms with van der Waals surface area (Å²) in [4.78, 5) is 0. The average molecular weight is 144 g/mol. The molecule has 0 atom stereocenters. The molecule has 56 valence electrons. The Hall–Kier alpha value is -1.04. The van der Waals surface area contributed by atoms with E-state index in [1.165, 1.54) is 18.4 Å². The van der Waals surface area contributed by atoms with Crippen molar-refractivity contribution >= 4 is 0 Å². The minimum atomic E-state index is 1.03. The molecule has 0 bridgehead atoms. The molecule has 11 heavy (non-hydrogen) atoms. The molecule has 0 nitrogen and oxygen atoms in total. The van der Waals surface area contributed by atoms with Gasteiger partial charge in [-0.15, -0.1) is 6.58 Å². The van der Waals surface area contributed by atoms with Crippen LogP contribution in [-0.4, -0.2) is 0 Å². The molecule has 0 heterocycles. The number of hydrogen-bond acceptors (Lipinski definition) is 0. The van der Waals surface area contributed by atoms with Gasteiger partial charge in [-0.1, -0.05) is 24.3 Å². The molecule has 0 unspecified atom stereocenters. The van der Waals surface area contributed by atoms with Crippen LogP contribution in [0.15, 0.2) is 30.9 Å². The van der Waals surface area contributed by atoms with Crippen molar-refractivity contribution < 1.29 is 0 Å². The third-order valence-electron chi connectivity index (χ3n) is 2.38. The second-order valence-corrected chi connectivity index (χ2v) is 3.05. The van der Waals surface area contributed by atoms with Crippen molar-refractivity contribution in [1.82, 2.24) is 0 Å². The predicted molar refractivity (Wildman–Crippen MR) is 47.8 cm³/mol. The summed E-state index contributed by atoms with van der Waals surface area (Å²) < 4.78 is 0. The van der Waals surface area contributed by atoms with Crippen LogP contribution < -0.4 is 0 Å². The molecule has 1 aromatic carbocycles. The van der Waals surface area contributed by atoms with Crippen LogP contribution in [0.4, 0.5) is 0 Å². The van der Waals surface area contributed by atoms with Crippen LogP contribution in [0.2, 0.25) is 0 Å². The first-order chi connectivity index (χ1) is 5.42. The van der Waals surface area contributed by atoms with Gasteiger partial charge in [-0.05, 0) is 36.0 Å². The minimum absolute atomic E-state index is 1.03. The average Bonchev–Trinajstić information content (AvgIpc) is 1.94. The highest BCUT2D eigenvalue weighted by molar-refractivity contribution is 5.42. The maximum absolute atomic E-state index is 3.75. The quantitative estimate of drug-likeness (QED) is 0.559. The summed E-state index contributed by atoms with van der Waals surface area (Å²) in [6.45, 7) is 3.75. The van der Waals surface area contributed by atoms with Crippen LogP contribution in [0.5, 0.6) is 0 Å². The largest absolute Gasteiger partial charge is 0.103 e. The Bertz CT molecular complexity index is 284. The van der Waals surface area contributed by atoms with Crippen molar-refractivity contribution in [3.63, 3.8) is 0 Å². The molecule has 0 saturated carbocycles. The van der Waals surface area contributed by atoms with Crippen molar-refractivity contribution in [2.75, 3.05) is 0 Å². The number of allylic oxidation sites excluding steroid dienone is 1. The fourth-order valence-electron chi connectivity index (χ4n) is 1.67. The van der Waals surface area contributed by atoms with Crippen molar-refractivity contribution in [3.8, 4) is 0 Å². The number of benzene rings is 1. The van der Waals surface area contributed by atoms with E-state index in [0.29, 0.717) is 0 Å². The van der Waals surface area contributed by atoms with Crippen molar-refractivity contribution in [2.45, 2.75) is 19.3 Å². The Morgan fingerprint density at radius 1 is 1.36 bits per heavy atom. The van der Waals surface area contributed by atoms with Gasteiger partial charge in [-0.2, -0.15) is 0 Å². The van der Waals surface area contributed by atoms with E-state index in [-0.39, 0.29) is 0 Å². The highest BCUT2D eigenvalue weighted by Gasteiger charge is 2.14. The van der Waals surface area contributed by atoms with Gasteiger partial charge in [0.2, 0.25) is 0 Å². The SMILES string of the molecule is C=CCc1cccc2c1CC2. The molecule has 0 amide bonds. The number of hydrogen-bond donors (Lipinski definition) is 0. The molecule has 0 heteroatoms. The Balaban J connectivity index is 2.40. The first-order valence-electron chi connectivity index (χ1n) is 4.12. The molecule has 2 rings (SSSR count). The Morgan fingerprint density at radius 3 is 2.91 bits per heavy atom. The van der Waals surface area contributed by atoms with Gasteiger partial charge in [0.1, 0.15) is 0 Å². The zero-order chi connectivity index (χ0) is 7.68. The third-order valence-corrected chi connectivity index (χ3v) is 2.38. The minimum Gasteiger partial charge on any atom is -0.103 e. The summed E-state index contributed by atoms with van der Waals surface area (Å²) in [5.41, 5.74) is 4.60. The number of aryl methyl sites for hydroxylation is 1. The van der Waals surface area contributed by atoms with Gasteiger partial charge in [-0.25, -0.2) is 0 Å². The van der Waals surface area contributed by atoms with Gasteiger partial charge in [0.15, 0.2) is 0 Å². The second kappa shape index (κ2) is 2.54. The lowest BCUT2D eigenvalue weighted by Crippen LogP contribution is -2.10. The van der Waals surface area contributed by atoms with Crippen LogP contribution in [-0.2, 0) is 19.3 Å². The zero-order valence-corrected chi connectivity index (χ0v) is 6.64. The molecule has 0 spiro atoms. The first kappa shape index (κ1) is 6.66. The van der Waals surface area contributed by atoms with Gasteiger partial charge in [0, 0.05) is 0 Å². The summed E-state index contributed by atoms with van der Waals surface area (Å²) in [5.74, 6) is 0. The van der Waals surface area contributed by atoms with E-state index in [1.807, 2.05) is 6.08 Å². The first-order valence-corrected chi connectivity index (χ1v) is 4.12. The normalized spacial score (nSPS) is 13.5. The summed E-state index contributed by atoms with van der Waals surface area (Å²) in [6, 6.07) is 6.59. The van der Waals surface area contributed by atoms with E-state index in [9.17, 15) is 0 Å². The maximum Gasteiger partial charge on any atom is -0.00973 e. The van der Waals surface area contributed by atoms with Gasteiger partial charge >= 0.3 is 0 Å². The Kier molecular flexibility index (Phi) is 1.54. The van der Waals surface area contributed by atoms with E-state index >= 15 is 0 Å². The Morgan fingerprint density at radius 2 is 2.27 bits per heavy atom. The molecular weight excluding hydrogens is 132 g/mol. The molecule has 0 radical (unpaired) electrons. The van der Waals surface area contributed by atoms with Crippen LogP contribution >= 0.6 is 0 Å². The molecule has 0 fully saturated rings. The van der Waals surface area contributed by atoms with E-state index in [2.05, 4.69) is 24.8 Å². The lowest BCUT2D eigenvalue weighted by Gasteiger charge is -2.21. The van der Waals surface area contributed by atoms with Crippen LogP contribution in [0.1, 0.15) is 16.7 Å². The molecule has 0 N–H and O–H groups in total. The van der Waals surface area contributed by atoms with Crippen molar-refractivity contribution in [2.24, 2.45) is 0 Å². The summed E-state index contributed by atoms with van der Waals surface area (Å²) in [5, 5.41) is 0. The molecule has 0 saturated heterocycles. The number of fused-ring (bicyclic) bond motifs is 1. The molecule has 1 aliphatic rings. The van der Waals surface area contributed by atoms with Crippen LogP contribution in [0.3, 0.4) is 0 Å². The highest BCUT2D eigenvalue weighted by Crippen LogP contribution is 2.26. The number of rotatable bonds is 2. The third kappa shape index (κ3) is 0.988. The van der Waals surface area contributed by atoms with Gasteiger partial charge < -0.3 is 0 Å². The standard InChI is InChI=1S/C11H12/c1-2-4-9-5-3-6-10-7-8-11(9)10/h2-3,5-6H,1,4,7-8H2. The van der Waals surface area contributed by atoms with E-state index in [0.717, 1.165) is 6.42 Å². The van der Waals surface area contributed by atoms with E-state index < -0.39 is 0 Å². The molecule has 0 aromatic heterocycles. The van der Waals surface area contributed by atoms with Gasteiger partial charge in [0.25, 0.3) is 0 Å². The topological polar surface area (TPSA) is 0 Å². The fourth-order valence-corrected chi connectivity index (χ4v) is 1.67. The second-order valence-electron chi connectivity index (χ2n) is 3.05. The van der Waals surface area contributed by atoms with Gasteiger partial charge in [-0.3, -0.25) is 0 Å². The van der Waals surface area contributed by atoms with Crippen molar-refractivity contribution in [3.05, 3.63) is 47.5 Å². The molecular formula is C11H12. The van der Waals surface area contributed by atoms with Gasteiger partial charge in [0.05, 0.1) is 0 Å². The summed E-state index contributed by atoms with van der Waals surface area (Å²) in [6.07, 6.45) is 5.57. The molecule has 1 aromatic rings. The summed E-state index contributed by atoms with van der Waals surface area (Å²) in [7, 11) is 0. The fraction of sp³-hybridized carbons (Fsp3) is 0.273. The highest BCUT2D eigenvalue weighted by atomic mass is 14.2. The lowest BCUT2D eigenvalue weighted by atomic mass is 9.84. The smallest absolute Gasteiger partial charge is 0.00973 e. The monoisotopic (exact) mass is 144 g/mol. The predicted octanol–water partition coefficient (Wildman–Crippen LogP) is 2.51. The molecule has 0 aliphatic heterocycles. The van der Waals surface area contributed by atoms with Crippen molar-refractivity contribution in [1.29, 1.82) is 0 Å². The van der Waals surface area contributed by atoms with E-state index in [1.54, 1.807) is 11.1 Å². The zero-order valence-electron chi connectivity index (χ0n) is 6.64. The summed E-state index contributed by atoms with van der Waals surface area (Å²) >= 11 is 0. The Labute approximate surface area is 67.6 Å². The lowest BCUT2D eigenvalue weighted by molar-refractivity contribution is 0.821. The maximum atomic E-state index is 3.75. The van der Waals surface area contributed by atoms with Crippen LogP contribution in [0.25, 0.3) is 0 Å². The molecule has 1 aliphatic carbocycles. The van der Waals surface area contributed by atoms with E-state index in [4.69, 9.17) is 0 Å². The van der Waals surface area contributed by atoms with Crippen LogP contribution in [0, 0.1) is 0 Å².